The first-order valence-electron chi connectivity index (χ1n) is 7.86. The molecule has 1 heterocycles. The van der Waals surface area contributed by atoms with E-state index in [2.05, 4.69) is 5.32 Å². The zero-order chi connectivity index (χ0) is 18.9. The van der Waals surface area contributed by atoms with Gasteiger partial charge in [-0.3, -0.25) is 0 Å². The molecule has 0 amide bonds. The second kappa shape index (κ2) is 8.47. The molecule has 0 radical (unpaired) electrons. The first-order valence-corrected chi connectivity index (χ1v) is 9.30. The topological polar surface area (TPSA) is 58.6 Å². The predicted octanol–water partition coefficient (Wildman–Crippen LogP) is 2.87. The number of methoxy groups -OCH3 is 1. The Bertz CT molecular complexity index is 928. The van der Waals surface area contributed by atoms with Gasteiger partial charge in [0.2, 0.25) is 10.0 Å². The van der Waals surface area contributed by atoms with Gasteiger partial charge in [-0.25, -0.2) is 21.6 Å². The first kappa shape index (κ1) is 21.5. The zero-order valence-electron chi connectivity index (χ0n) is 14.3. The lowest BCUT2D eigenvalue weighted by molar-refractivity contribution is 0.263. The molecule has 5 nitrogen and oxygen atoms in total. The summed E-state index contributed by atoms with van der Waals surface area (Å²) in [6.45, 7) is 0.657. The number of halogens is 4. The highest BCUT2D eigenvalue weighted by Crippen LogP contribution is 2.34. The van der Waals surface area contributed by atoms with Gasteiger partial charge in [-0.2, -0.15) is 4.31 Å². The number of ether oxygens (including phenoxy) is 1. The van der Waals surface area contributed by atoms with Crippen LogP contribution in [0.4, 0.5) is 13.2 Å². The lowest BCUT2D eigenvalue weighted by atomic mass is 10.0. The summed E-state index contributed by atoms with van der Waals surface area (Å²) in [5.74, 6) is -3.72. The lowest BCUT2D eigenvalue weighted by Gasteiger charge is -2.36. The molecule has 0 spiro atoms. The van der Waals surface area contributed by atoms with Gasteiger partial charge in [0.05, 0.1) is 13.2 Å². The molecule has 10 heteroatoms. The maximum absolute atomic E-state index is 14.1. The van der Waals surface area contributed by atoms with Crippen molar-refractivity contribution in [3.63, 3.8) is 0 Å². The number of nitrogens with one attached hydrogen (secondary N) is 1. The summed E-state index contributed by atoms with van der Waals surface area (Å²) in [6.07, 6.45) is 0. The molecule has 1 saturated heterocycles. The van der Waals surface area contributed by atoms with Gasteiger partial charge in [0, 0.05) is 31.3 Å². The highest BCUT2D eigenvalue weighted by molar-refractivity contribution is 7.89. The second-order valence-corrected chi connectivity index (χ2v) is 7.63. The summed E-state index contributed by atoms with van der Waals surface area (Å²) < 4.78 is 73.2. The molecule has 1 fully saturated rings. The smallest absolute Gasteiger partial charge is 0.246 e. The predicted molar refractivity (Wildman–Crippen MR) is 96.1 cm³/mol. The molecular formula is C17H18ClF3N2O3S. The Morgan fingerprint density at radius 3 is 2.48 bits per heavy atom. The van der Waals surface area contributed by atoms with Gasteiger partial charge in [0.1, 0.15) is 16.5 Å². The molecule has 2 aromatic rings. The van der Waals surface area contributed by atoms with Crippen molar-refractivity contribution < 1.29 is 26.3 Å². The third kappa shape index (κ3) is 4.06. The summed E-state index contributed by atoms with van der Waals surface area (Å²) in [5.41, 5.74) is 0.591. The highest BCUT2D eigenvalue weighted by Gasteiger charge is 2.37. The Balaban J connectivity index is 0.00000261. The Hall–Kier alpha value is -1.81. The fraction of sp³-hybridized carbons (Fsp3) is 0.294. The van der Waals surface area contributed by atoms with Crippen molar-refractivity contribution in [3.8, 4) is 5.75 Å². The number of rotatable bonds is 4. The van der Waals surface area contributed by atoms with E-state index in [0.717, 1.165) is 4.31 Å². The molecular weight excluding hydrogens is 405 g/mol. The van der Waals surface area contributed by atoms with Gasteiger partial charge in [0.25, 0.3) is 0 Å². The summed E-state index contributed by atoms with van der Waals surface area (Å²) >= 11 is 0. The number of hydrogen-bond acceptors (Lipinski definition) is 4. The Kier molecular flexibility index (Phi) is 6.74. The number of piperazine rings is 1. The van der Waals surface area contributed by atoms with Crippen LogP contribution in [-0.4, -0.2) is 39.5 Å². The van der Waals surface area contributed by atoms with Crippen molar-refractivity contribution in [3.05, 3.63) is 59.4 Å². The molecule has 0 bridgehead atoms. The van der Waals surface area contributed by atoms with Crippen LogP contribution in [0.15, 0.2) is 41.3 Å². The van der Waals surface area contributed by atoms with Crippen LogP contribution in [0.2, 0.25) is 0 Å². The molecule has 1 N–H and O–H groups in total. The van der Waals surface area contributed by atoms with Crippen LogP contribution in [0.25, 0.3) is 0 Å². The number of sulfonamides is 1. The minimum atomic E-state index is -4.40. The van der Waals surface area contributed by atoms with E-state index in [1.54, 1.807) is 24.3 Å². The van der Waals surface area contributed by atoms with E-state index in [4.69, 9.17) is 4.74 Å². The van der Waals surface area contributed by atoms with Crippen molar-refractivity contribution in [2.45, 2.75) is 10.9 Å². The Morgan fingerprint density at radius 2 is 1.78 bits per heavy atom. The summed E-state index contributed by atoms with van der Waals surface area (Å²) in [6, 6.07) is 6.80. The fourth-order valence-corrected chi connectivity index (χ4v) is 4.67. The molecule has 1 aliphatic rings. The summed E-state index contributed by atoms with van der Waals surface area (Å²) in [5, 5.41) is 3.08. The third-order valence-electron chi connectivity index (χ3n) is 4.25. The average Bonchev–Trinajstić information content (AvgIpc) is 2.64. The zero-order valence-corrected chi connectivity index (χ0v) is 15.9. The van der Waals surface area contributed by atoms with Crippen LogP contribution < -0.4 is 10.1 Å². The quantitative estimate of drug-likeness (QED) is 0.770. The maximum atomic E-state index is 14.1. The lowest BCUT2D eigenvalue weighted by Crippen LogP contribution is -2.48. The van der Waals surface area contributed by atoms with Crippen LogP contribution in [0.1, 0.15) is 11.6 Å². The standard InChI is InChI=1S/C17H17F3N2O3S.ClH/c1-25-16-5-3-2-4-11(16)15-10-21-6-7-22(15)26(23,24)17-9-13(19)12(18)8-14(17)20;/h2-5,8-9,15,21H,6-7,10H2,1H3;1H. The van der Waals surface area contributed by atoms with Crippen molar-refractivity contribution in [1.82, 2.24) is 9.62 Å². The Morgan fingerprint density at radius 1 is 1.11 bits per heavy atom. The molecule has 0 aromatic heterocycles. The molecule has 1 atom stereocenters. The molecule has 0 saturated carbocycles. The molecule has 2 aromatic carbocycles. The second-order valence-electron chi connectivity index (χ2n) is 5.77. The maximum Gasteiger partial charge on any atom is 0.246 e. The summed E-state index contributed by atoms with van der Waals surface area (Å²) in [4.78, 5) is -0.891. The normalized spacial score (nSPS) is 18.0. The minimum absolute atomic E-state index is 0. The van der Waals surface area contributed by atoms with E-state index in [1.165, 1.54) is 7.11 Å². The Labute approximate surface area is 161 Å². The number of hydrogen-bond donors (Lipinski definition) is 1. The van der Waals surface area contributed by atoms with Gasteiger partial charge in [0.15, 0.2) is 11.6 Å². The first-order chi connectivity index (χ1) is 12.4. The van der Waals surface area contributed by atoms with Crippen LogP contribution in [0.5, 0.6) is 5.75 Å². The summed E-state index contributed by atoms with van der Waals surface area (Å²) in [7, 11) is -2.94. The van der Waals surface area contributed by atoms with Crippen LogP contribution in [0.3, 0.4) is 0 Å². The fourth-order valence-electron chi connectivity index (χ4n) is 3.01. The highest BCUT2D eigenvalue weighted by atomic mass is 35.5. The van der Waals surface area contributed by atoms with Gasteiger partial charge in [-0.15, -0.1) is 12.4 Å². The van der Waals surface area contributed by atoms with E-state index in [1.807, 2.05) is 0 Å². The SMILES string of the molecule is COc1ccccc1C1CNCCN1S(=O)(=O)c1cc(F)c(F)cc1F.Cl. The molecule has 1 unspecified atom stereocenters. The third-order valence-corrected chi connectivity index (χ3v) is 6.18. The van der Waals surface area contributed by atoms with E-state index in [-0.39, 0.29) is 31.6 Å². The van der Waals surface area contributed by atoms with Gasteiger partial charge >= 0.3 is 0 Å². The molecule has 1 aliphatic heterocycles. The van der Waals surface area contributed by atoms with Crippen LogP contribution >= 0.6 is 12.4 Å². The average molecular weight is 423 g/mol. The monoisotopic (exact) mass is 422 g/mol. The van der Waals surface area contributed by atoms with Gasteiger partial charge < -0.3 is 10.1 Å². The van der Waals surface area contributed by atoms with Crippen molar-refractivity contribution >= 4 is 22.4 Å². The van der Waals surface area contributed by atoms with Crippen molar-refractivity contribution in [2.24, 2.45) is 0 Å². The van der Waals surface area contributed by atoms with Gasteiger partial charge in [-0.05, 0) is 12.1 Å². The molecule has 27 heavy (non-hydrogen) atoms. The van der Waals surface area contributed by atoms with Crippen LogP contribution in [-0.2, 0) is 10.0 Å². The molecule has 0 aliphatic carbocycles. The largest absolute Gasteiger partial charge is 0.496 e. The number of para-hydroxylation sites is 1. The number of nitrogens with zero attached hydrogens (tertiary/aromatic N) is 1. The van der Waals surface area contributed by atoms with Gasteiger partial charge in [-0.1, -0.05) is 18.2 Å². The molecule has 3 rings (SSSR count). The minimum Gasteiger partial charge on any atom is -0.496 e. The molecule has 148 valence electrons. The van der Waals surface area contributed by atoms with E-state index in [9.17, 15) is 21.6 Å². The van der Waals surface area contributed by atoms with Crippen molar-refractivity contribution in [2.75, 3.05) is 26.7 Å². The van der Waals surface area contributed by atoms with E-state index < -0.39 is 38.4 Å². The van der Waals surface area contributed by atoms with E-state index >= 15 is 0 Å². The van der Waals surface area contributed by atoms with Crippen LogP contribution in [0, 0.1) is 17.5 Å². The van der Waals surface area contributed by atoms with E-state index in [0.29, 0.717) is 23.9 Å². The van der Waals surface area contributed by atoms with Crippen molar-refractivity contribution in [1.29, 1.82) is 0 Å². The number of benzene rings is 2.